The molecule has 74 valence electrons. The van der Waals surface area contributed by atoms with Crippen LogP contribution < -0.4 is 0 Å². The summed E-state index contributed by atoms with van der Waals surface area (Å²) >= 11 is 13.4. The fourth-order valence-corrected chi connectivity index (χ4v) is 3.38. The molecule has 2 nitrogen and oxygen atoms in total. The maximum atomic E-state index is 11.4. The molecule has 1 atom stereocenters. The molecule has 0 spiro atoms. The van der Waals surface area contributed by atoms with Gasteiger partial charge < -0.3 is 4.74 Å². The molecule has 1 unspecified atom stereocenters. The molecular weight excluding hydrogens is 448 g/mol. The van der Waals surface area contributed by atoms with Gasteiger partial charge in [-0.25, -0.2) is 4.79 Å². The molecule has 0 radical (unpaired) electrons. The van der Waals surface area contributed by atoms with Crippen molar-refractivity contribution >= 4 is 69.7 Å². The zero-order valence-electron chi connectivity index (χ0n) is 6.48. The van der Waals surface area contributed by atoms with Crippen molar-refractivity contribution < 1.29 is 9.53 Å². The highest BCUT2D eigenvalue weighted by molar-refractivity contribution is 9.14. The predicted molar refractivity (Wildman–Crippen MR) is 66.6 cm³/mol. The summed E-state index contributed by atoms with van der Waals surface area (Å²) in [5, 5.41) is -0.356. The molecule has 0 aromatic heterocycles. The van der Waals surface area contributed by atoms with Crippen molar-refractivity contribution in [2.75, 3.05) is 0 Å². The Bertz CT molecular complexity index is 430. The van der Waals surface area contributed by atoms with Crippen LogP contribution in [-0.4, -0.2) is 5.97 Å². The van der Waals surface area contributed by atoms with Gasteiger partial charge in [0.15, 0.2) is 5.01 Å². The van der Waals surface area contributed by atoms with E-state index in [0.29, 0.717) is 10.0 Å². The predicted octanol–water partition coefficient (Wildman–Crippen LogP) is 4.54. The minimum absolute atomic E-state index is 0.318. The van der Waals surface area contributed by atoms with Crippen LogP contribution in [0.2, 0.25) is 0 Å². The number of halogens is 4. The highest BCUT2D eigenvalue weighted by atomic mass is 79.9. The number of rotatable bonds is 0. The van der Waals surface area contributed by atoms with E-state index >= 15 is 0 Å². The number of hydrogen-bond acceptors (Lipinski definition) is 2. The quantitative estimate of drug-likeness (QED) is 0.330. The van der Waals surface area contributed by atoms with E-state index in [1.54, 1.807) is 0 Å². The highest BCUT2D eigenvalue weighted by Gasteiger charge is 2.33. The molecule has 1 aromatic rings. The summed E-state index contributed by atoms with van der Waals surface area (Å²) in [4.78, 5) is 11.4. The average Bonchev–Trinajstić information content (AvgIpc) is 2.38. The van der Waals surface area contributed by atoms with E-state index in [1.165, 1.54) is 0 Å². The van der Waals surface area contributed by atoms with Gasteiger partial charge in [-0.15, -0.1) is 0 Å². The molecule has 0 fully saturated rings. The van der Waals surface area contributed by atoms with Gasteiger partial charge in [0.1, 0.15) is 0 Å². The van der Waals surface area contributed by atoms with Crippen LogP contribution in [0.3, 0.4) is 0 Å². The van der Waals surface area contributed by atoms with Gasteiger partial charge in [0.25, 0.3) is 0 Å². The minimum atomic E-state index is -0.356. The number of hydrogen-bond donors (Lipinski definition) is 0. The van der Waals surface area contributed by atoms with Crippen LogP contribution in [-0.2, 0) is 4.74 Å². The lowest BCUT2D eigenvalue weighted by Gasteiger charge is -2.04. The van der Waals surface area contributed by atoms with Crippen molar-refractivity contribution in [3.63, 3.8) is 0 Å². The molecule has 1 aliphatic rings. The summed E-state index contributed by atoms with van der Waals surface area (Å²) in [6.07, 6.45) is 0. The van der Waals surface area contributed by atoms with Crippen molar-refractivity contribution in [3.8, 4) is 0 Å². The number of cyclic esters (lactones) is 1. The fourth-order valence-electron chi connectivity index (χ4n) is 1.22. The van der Waals surface area contributed by atoms with Gasteiger partial charge in [-0.2, -0.15) is 0 Å². The van der Waals surface area contributed by atoms with Crippen LogP contribution in [0.15, 0.2) is 19.5 Å². The first kappa shape index (κ1) is 11.1. The Balaban J connectivity index is 2.76. The van der Waals surface area contributed by atoms with E-state index in [9.17, 15) is 4.79 Å². The number of ether oxygens (including phenoxy) is 1. The fraction of sp³-hybridized carbons (Fsp3) is 0.125. The van der Waals surface area contributed by atoms with Crippen LogP contribution in [0.25, 0.3) is 0 Å². The lowest BCUT2D eigenvalue weighted by atomic mass is 10.1. The highest BCUT2D eigenvalue weighted by Crippen LogP contribution is 2.44. The zero-order chi connectivity index (χ0) is 10.5. The molecule has 0 saturated heterocycles. The number of carbonyl (C=O) groups is 1. The normalized spacial score (nSPS) is 19.4. The first-order valence-corrected chi connectivity index (χ1v) is 6.84. The van der Waals surface area contributed by atoms with Crippen molar-refractivity contribution in [3.05, 3.63) is 30.6 Å². The van der Waals surface area contributed by atoms with Gasteiger partial charge in [0, 0.05) is 19.0 Å². The summed E-state index contributed by atoms with van der Waals surface area (Å²) in [6, 6.07) is 1.86. The maximum absolute atomic E-state index is 11.4. The van der Waals surface area contributed by atoms with Gasteiger partial charge in [-0.3, -0.25) is 0 Å². The van der Waals surface area contributed by atoms with Crippen LogP contribution >= 0.6 is 63.7 Å². The summed E-state index contributed by atoms with van der Waals surface area (Å²) in [7, 11) is 0. The van der Waals surface area contributed by atoms with E-state index in [0.717, 1.165) is 14.5 Å². The van der Waals surface area contributed by atoms with E-state index in [4.69, 9.17) is 4.74 Å². The third-order valence-electron chi connectivity index (χ3n) is 1.85. The number of benzene rings is 1. The van der Waals surface area contributed by atoms with Gasteiger partial charge in [-0.05, 0) is 69.8 Å². The Morgan fingerprint density at radius 3 is 2.50 bits per heavy atom. The van der Waals surface area contributed by atoms with Crippen LogP contribution in [0.4, 0.5) is 0 Å². The van der Waals surface area contributed by atoms with Gasteiger partial charge >= 0.3 is 5.97 Å². The second-order valence-electron chi connectivity index (χ2n) is 2.67. The molecule has 0 N–H and O–H groups in total. The number of alkyl halides is 1. The van der Waals surface area contributed by atoms with Crippen molar-refractivity contribution in [1.29, 1.82) is 0 Å². The summed E-state index contributed by atoms with van der Waals surface area (Å²) in [5.74, 6) is -0.318. The van der Waals surface area contributed by atoms with Crippen molar-refractivity contribution in [2.24, 2.45) is 0 Å². The van der Waals surface area contributed by atoms with E-state index in [2.05, 4.69) is 63.7 Å². The monoisotopic (exact) mass is 446 g/mol. The van der Waals surface area contributed by atoms with Gasteiger partial charge in [-0.1, -0.05) is 0 Å². The van der Waals surface area contributed by atoms with Gasteiger partial charge in [0.2, 0.25) is 0 Å². The molecule has 0 aliphatic carbocycles. The standard InChI is InChI=1S/C8H2Br4O2/c9-3-1-2-4(6(11)5(3)10)8(13)14-7(2)12/h1,7H. The second kappa shape index (κ2) is 3.88. The Kier molecular flexibility index (Phi) is 3.08. The first-order chi connectivity index (χ1) is 6.52. The molecule has 1 aromatic carbocycles. The first-order valence-electron chi connectivity index (χ1n) is 3.55. The summed E-state index contributed by atoms with van der Waals surface area (Å²) in [6.45, 7) is 0. The van der Waals surface area contributed by atoms with Crippen LogP contribution in [0.5, 0.6) is 0 Å². The second-order valence-corrected chi connectivity index (χ2v) is 5.94. The Morgan fingerprint density at radius 2 is 1.86 bits per heavy atom. The van der Waals surface area contributed by atoms with E-state index in [-0.39, 0.29) is 11.0 Å². The molecule has 0 saturated carbocycles. The SMILES string of the molecule is O=C1OC(Br)c2cc(Br)c(Br)c(Br)c21. The smallest absolute Gasteiger partial charge is 0.341 e. The third kappa shape index (κ3) is 1.60. The average molecular weight is 450 g/mol. The zero-order valence-corrected chi connectivity index (χ0v) is 12.8. The Labute approximate surface area is 114 Å². The Morgan fingerprint density at radius 1 is 1.21 bits per heavy atom. The topological polar surface area (TPSA) is 26.3 Å². The molecule has 0 amide bonds. The molecular formula is C8H2Br4O2. The molecule has 0 bridgehead atoms. The molecule has 1 heterocycles. The third-order valence-corrected chi connectivity index (χ3v) is 5.84. The van der Waals surface area contributed by atoms with E-state index in [1.807, 2.05) is 6.07 Å². The van der Waals surface area contributed by atoms with Crippen LogP contribution in [0.1, 0.15) is 20.9 Å². The number of carbonyl (C=O) groups excluding carboxylic acids is 1. The lowest BCUT2D eigenvalue weighted by Crippen LogP contribution is -1.95. The lowest BCUT2D eigenvalue weighted by molar-refractivity contribution is 0.0529. The summed E-state index contributed by atoms with van der Waals surface area (Å²) in [5.41, 5.74) is 1.40. The number of esters is 1. The molecule has 6 heteroatoms. The van der Waals surface area contributed by atoms with Crippen molar-refractivity contribution in [2.45, 2.75) is 5.01 Å². The minimum Gasteiger partial charge on any atom is -0.442 e. The van der Waals surface area contributed by atoms with Gasteiger partial charge in [0.05, 0.1) is 5.56 Å². The number of fused-ring (bicyclic) bond motifs is 1. The Hall–Kier alpha value is 0.610. The molecule has 14 heavy (non-hydrogen) atoms. The van der Waals surface area contributed by atoms with Crippen molar-refractivity contribution in [1.82, 2.24) is 0 Å². The molecule has 1 aliphatic heterocycles. The molecule has 2 rings (SSSR count). The largest absolute Gasteiger partial charge is 0.442 e. The van der Waals surface area contributed by atoms with E-state index < -0.39 is 0 Å². The van der Waals surface area contributed by atoms with Crippen LogP contribution in [0, 0.1) is 0 Å². The summed E-state index contributed by atoms with van der Waals surface area (Å²) < 4.78 is 7.44. The maximum Gasteiger partial charge on any atom is 0.341 e.